The van der Waals surface area contributed by atoms with Crippen LogP contribution in [0.3, 0.4) is 0 Å². The Morgan fingerprint density at radius 3 is 2.55 bits per heavy atom. The van der Waals surface area contributed by atoms with Crippen LogP contribution in [0.4, 0.5) is 0 Å². The van der Waals surface area contributed by atoms with Crippen LogP contribution in [0.25, 0.3) is 6.08 Å². The normalized spacial score (nSPS) is 16.1. The molecule has 0 radical (unpaired) electrons. The molecule has 1 unspecified atom stereocenters. The summed E-state index contributed by atoms with van der Waals surface area (Å²) in [7, 11) is 0. The molecule has 0 spiro atoms. The van der Waals surface area contributed by atoms with E-state index in [1.165, 1.54) is 11.3 Å². The summed E-state index contributed by atoms with van der Waals surface area (Å²) in [4.78, 5) is 32.6. The number of thiazole rings is 1. The van der Waals surface area contributed by atoms with Gasteiger partial charge in [0.25, 0.3) is 5.56 Å². The van der Waals surface area contributed by atoms with Crippen LogP contribution in [0, 0.1) is 0 Å². The first-order valence-electron chi connectivity index (χ1n) is 9.92. The van der Waals surface area contributed by atoms with Gasteiger partial charge in [0.15, 0.2) is 4.80 Å². The van der Waals surface area contributed by atoms with E-state index in [1.54, 1.807) is 30.2 Å². The average molecular weight is 451 g/mol. The minimum atomic E-state index is -0.580. The minimum Gasteiger partial charge on any atom is -0.463 e. The molecule has 1 aliphatic heterocycles. The highest BCUT2D eigenvalue weighted by Crippen LogP contribution is 2.31. The Kier molecular flexibility index (Phi) is 6.25. The van der Waals surface area contributed by atoms with E-state index in [9.17, 15) is 9.59 Å². The number of rotatable bonds is 5. The van der Waals surface area contributed by atoms with Gasteiger partial charge in [-0.2, -0.15) is 0 Å². The van der Waals surface area contributed by atoms with Gasteiger partial charge in [-0.15, -0.1) is 11.8 Å². The molecule has 3 aromatic rings. The van der Waals surface area contributed by atoms with Crippen molar-refractivity contribution >= 4 is 35.1 Å². The van der Waals surface area contributed by atoms with Crippen LogP contribution in [0.1, 0.15) is 31.0 Å². The molecule has 0 aliphatic carbocycles. The summed E-state index contributed by atoms with van der Waals surface area (Å²) in [5, 5.41) is 0. The van der Waals surface area contributed by atoms with E-state index in [2.05, 4.69) is 4.99 Å². The summed E-state index contributed by atoms with van der Waals surface area (Å²) in [6, 6.07) is 17.0. The molecule has 0 saturated carbocycles. The highest BCUT2D eigenvalue weighted by molar-refractivity contribution is 7.98. The number of thioether (sulfide) groups is 1. The zero-order valence-electron chi connectivity index (χ0n) is 17.5. The first-order chi connectivity index (χ1) is 15.0. The van der Waals surface area contributed by atoms with Crippen molar-refractivity contribution in [1.29, 1.82) is 0 Å². The summed E-state index contributed by atoms with van der Waals surface area (Å²) in [5.41, 5.74) is 2.60. The van der Waals surface area contributed by atoms with E-state index in [-0.39, 0.29) is 12.2 Å². The van der Waals surface area contributed by atoms with Crippen LogP contribution in [-0.2, 0) is 9.53 Å². The molecule has 4 rings (SSSR count). The molecule has 0 saturated heterocycles. The molecule has 5 nitrogen and oxygen atoms in total. The second kappa shape index (κ2) is 9.08. The zero-order valence-corrected chi connectivity index (χ0v) is 19.1. The van der Waals surface area contributed by atoms with Crippen LogP contribution >= 0.6 is 23.1 Å². The Labute approximate surface area is 188 Å². The number of hydrogen-bond donors (Lipinski definition) is 0. The predicted octanol–water partition coefficient (Wildman–Crippen LogP) is 3.52. The Morgan fingerprint density at radius 2 is 1.90 bits per heavy atom. The fourth-order valence-corrected chi connectivity index (χ4v) is 5.05. The lowest BCUT2D eigenvalue weighted by Crippen LogP contribution is -2.39. The number of ether oxygens (including phenoxy) is 1. The molecular formula is C24H22N2O3S2. The number of benzene rings is 2. The molecule has 0 N–H and O–H groups in total. The number of hydrogen-bond acceptors (Lipinski definition) is 6. The van der Waals surface area contributed by atoms with Crippen molar-refractivity contribution in [2.45, 2.75) is 24.8 Å². The Balaban J connectivity index is 1.95. The standard InChI is InChI=1S/C24H22N2O3S2/c1-4-29-23(28)20-15(2)25-24-26(21(20)17-10-12-18(30-3)13-11-17)22(27)19(31-24)14-16-8-6-5-7-9-16/h5-14,21H,4H2,1-3H3. The molecular weight excluding hydrogens is 428 g/mol. The number of esters is 1. The topological polar surface area (TPSA) is 60.7 Å². The maximum absolute atomic E-state index is 13.5. The third-order valence-corrected chi connectivity index (χ3v) is 6.77. The average Bonchev–Trinajstić information content (AvgIpc) is 3.08. The van der Waals surface area contributed by atoms with Crippen LogP contribution in [0.5, 0.6) is 0 Å². The van der Waals surface area contributed by atoms with Gasteiger partial charge >= 0.3 is 5.97 Å². The van der Waals surface area contributed by atoms with Crippen LogP contribution in [0.2, 0.25) is 0 Å². The lowest BCUT2D eigenvalue weighted by molar-refractivity contribution is -0.139. The fraction of sp³-hybridized carbons (Fsp3) is 0.208. The molecule has 2 heterocycles. The first-order valence-corrected chi connectivity index (χ1v) is 12.0. The summed E-state index contributed by atoms with van der Waals surface area (Å²) in [6.45, 7) is 3.82. The van der Waals surface area contributed by atoms with E-state index in [0.717, 1.165) is 16.0 Å². The van der Waals surface area contributed by atoms with Gasteiger partial charge in [0.2, 0.25) is 0 Å². The van der Waals surface area contributed by atoms with Crippen LogP contribution in [0.15, 0.2) is 80.5 Å². The number of carbonyl (C=O) groups excluding carboxylic acids is 1. The van der Waals surface area contributed by atoms with E-state index >= 15 is 0 Å². The van der Waals surface area contributed by atoms with Gasteiger partial charge in [-0.25, -0.2) is 9.79 Å². The number of allylic oxidation sites excluding steroid dienone is 1. The van der Waals surface area contributed by atoms with Crippen molar-refractivity contribution in [2.75, 3.05) is 12.9 Å². The van der Waals surface area contributed by atoms with Gasteiger partial charge in [-0.1, -0.05) is 53.8 Å². The van der Waals surface area contributed by atoms with Crippen molar-refractivity contribution in [3.63, 3.8) is 0 Å². The molecule has 7 heteroatoms. The minimum absolute atomic E-state index is 0.166. The van der Waals surface area contributed by atoms with E-state index < -0.39 is 12.0 Å². The highest BCUT2D eigenvalue weighted by atomic mass is 32.2. The second-order valence-corrected chi connectivity index (χ2v) is 8.87. The number of nitrogens with zero attached hydrogens (tertiary/aromatic N) is 2. The zero-order chi connectivity index (χ0) is 22.0. The monoisotopic (exact) mass is 450 g/mol. The molecule has 158 valence electrons. The molecule has 31 heavy (non-hydrogen) atoms. The van der Waals surface area contributed by atoms with Crippen molar-refractivity contribution in [1.82, 2.24) is 4.57 Å². The maximum Gasteiger partial charge on any atom is 0.338 e. The first kappa shape index (κ1) is 21.3. The summed E-state index contributed by atoms with van der Waals surface area (Å²) in [6.07, 6.45) is 3.87. The van der Waals surface area contributed by atoms with Crippen molar-refractivity contribution in [2.24, 2.45) is 4.99 Å². The quantitative estimate of drug-likeness (QED) is 0.441. The van der Waals surface area contributed by atoms with Gasteiger partial charge in [0.05, 0.1) is 28.5 Å². The lowest BCUT2D eigenvalue weighted by atomic mass is 9.96. The van der Waals surface area contributed by atoms with Gasteiger partial charge in [-0.05, 0) is 49.4 Å². The Hall–Kier alpha value is -2.90. The number of aromatic nitrogens is 1. The summed E-state index contributed by atoms with van der Waals surface area (Å²) >= 11 is 2.97. The smallest absolute Gasteiger partial charge is 0.338 e. The molecule has 0 fully saturated rings. The summed E-state index contributed by atoms with van der Waals surface area (Å²) in [5.74, 6) is -0.444. The Morgan fingerprint density at radius 1 is 1.19 bits per heavy atom. The van der Waals surface area contributed by atoms with E-state index in [4.69, 9.17) is 4.74 Å². The molecule has 0 bridgehead atoms. The molecule has 1 atom stereocenters. The maximum atomic E-state index is 13.5. The summed E-state index contributed by atoms with van der Waals surface area (Å²) < 4.78 is 7.52. The van der Waals surface area contributed by atoms with Gasteiger partial charge in [-0.3, -0.25) is 9.36 Å². The van der Waals surface area contributed by atoms with Gasteiger partial charge in [0, 0.05) is 4.90 Å². The molecule has 1 aromatic heterocycles. The van der Waals surface area contributed by atoms with Crippen molar-refractivity contribution in [3.8, 4) is 0 Å². The van der Waals surface area contributed by atoms with E-state index in [0.29, 0.717) is 20.6 Å². The molecule has 1 aliphatic rings. The lowest BCUT2D eigenvalue weighted by Gasteiger charge is -2.24. The fourth-order valence-electron chi connectivity index (χ4n) is 3.59. The molecule has 2 aromatic carbocycles. The predicted molar refractivity (Wildman–Crippen MR) is 125 cm³/mol. The number of fused-ring (bicyclic) bond motifs is 1. The third kappa shape index (κ3) is 4.16. The van der Waals surface area contributed by atoms with Crippen LogP contribution < -0.4 is 14.9 Å². The second-order valence-electron chi connectivity index (χ2n) is 6.99. The highest BCUT2D eigenvalue weighted by Gasteiger charge is 2.33. The Bertz CT molecular complexity index is 1320. The van der Waals surface area contributed by atoms with Crippen LogP contribution in [-0.4, -0.2) is 23.4 Å². The third-order valence-electron chi connectivity index (χ3n) is 5.05. The van der Waals surface area contributed by atoms with Gasteiger partial charge < -0.3 is 4.74 Å². The van der Waals surface area contributed by atoms with E-state index in [1.807, 2.05) is 66.9 Å². The largest absolute Gasteiger partial charge is 0.463 e. The molecule has 0 amide bonds. The van der Waals surface area contributed by atoms with Crippen molar-refractivity contribution in [3.05, 3.63) is 96.7 Å². The van der Waals surface area contributed by atoms with Crippen molar-refractivity contribution < 1.29 is 9.53 Å². The number of carbonyl (C=O) groups is 1. The SMILES string of the molecule is CCOC(=O)C1=C(C)N=c2sc(=Cc3ccccc3)c(=O)n2C1c1ccc(SC)cc1. The van der Waals surface area contributed by atoms with Gasteiger partial charge in [0.1, 0.15) is 0 Å².